The molecule has 0 bridgehead atoms. The first kappa shape index (κ1) is 14.9. The van der Waals surface area contributed by atoms with Gasteiger partial charge in [0.05, 0.1) is 18.4 Å². The van der Waals surface area contributed by atoms with Crippen molar-refractivity contribution in [2.45, 2.75) is 39.7 Å². The molecule has 0 N–H and O–H groups in total. The first-order valence-electron chi connectivity index (χ1n) is 5.54. The van der Waals surface area contributed by atoms with E-state index >= 15 is 0 Å². The predicted octanol–water partition coefficient (Wildman–Crippen LogP) is 1.81. The molecule has 0 aliphatic heterocycles. The van der Waals surface area contributed by atoms with Crippen molar-refractivity contribution in [3.05, 3.63) is 0 Å². The summed E-state index contributed by atoms with van der Waals surface area (Å²) in [5, 5.41) is 8.65. The molecule has 4 heteroatoms. The molecule has 0 amide bonds. The average molecular weight is 226 g/mol. The number of carbonyl (C=O) groups excluding carboxylic acids is 1. The van der Waals surface area contributed by atoms with Gasteiger partial charge in [-0.25, -0.2) is 0 Å². The van der Waals surface area contributed by atoms with Crippen LogP contribution >= 0.6 is 0 Å². The molecule has 1 unspecified atom stereocenters. The Morgan fingerprint density at radius 1 is 1.50 bits per heavy atom. The number of nitrogens with zero attached hydrogens (tertiary/aromatic N) is 2. The van der Waals surface area contributed by atoms with Gasteiger partial charge < -0.3 is 9.64 Å². The Hall–Kier alpha value is -1.08. The normalized spacial score (nSPS) is 13.3. The van der Waals surface area contributed by atoms with Crippen molar-refractivity contribution in [3.8, 4) is 6.07 Å². The van der Waals surface area contributed by atoms with Crippen molar-refractivity contribution in [2.75, 3.05) is 20.1 Å². The van der Waals surface area contributed by atoms with Crippen molar-refractivity contribution < 1.29 is 9.53 Å². The molecule has 0 heterocycles. The first-order chi connectivity index (χ1) is 7.24. The molecule has 0 fully saturated rings. The lowest BCUT2D eigenvalue weighted by Gasteiger charge is -2.21. The Labute approximate surface area is 98.2 Å². The molecule has 4 nitrogen and oxygen atoms in total. The van der Waals surface area contributed by atoms with Crippen molar-refractivity contribution in [2.24, 2.45) is 5.92 Å². The van der Waals surface area contributed by atoms with Crippen LogP contribution in [0, 0.1) is 17.2 Å². The lowest BCUT2D eigenvalue weighted by molar-refractivity contribution is -0.155. The van der Waals surface area contributed by atoms with Crippen LogP contribution in [0.5, 0.6) is 0 Å². The standard InChI is InChI=1S/C12H22N2O2/c1-10(8-13)9-14(5)7-6-11(15)16-12(2,3)4/h10H,6-7,9H2,1-5H3. The van der Waals surface area contributed by atoms with E-state index < -0.39 is 5.60 Å². The second-order valence-corrected chi connectivity index (χ2v) is 5.13. The van der Waals surface area contributed by atoms with E-state index in [1.807, 2.05) is 39.6 Å². The molecule has 0 saturated heterocycles. The van der Waals surface area contributed by atoms with Crippen LogP contribution in [-0.2, 0) is 9.53 Å². The van der Waals surface area contributed by atoms with E-state index in [0.29, 0.717) is 19.5 Å². The summed E-state index contributed by atoms with van der Waals surface area (Å²) in [6.07, 6.45) is 0.367. The number of rotatable bonds is 5. The quantitative estimate of drug-likeness (QED) is 0.671. The van der Waals surface area contributed by atoms with E-state index in [9.17, 15) is 4.79 Å². The van der Waals surface area contributed by atoms with Crippen LogP contribution in [0.1, 0.15) is 34.1 Å². The highest BCUT2D eigenvalue weighted by atomic mass is 16.6. The van der Waals surface area contributed by atoms with Crippen LogP contribution in [0.25, 0.3) is 0 Å². The maximum atomic E-state index is 11.4. The SMILES string of the molecule is CC(C#N)CN(C)CCC(=O)OC(C)(C)C. The van der Waals surface area contributed by atoms with Gasteiger partial charge in [-0.3, -0.25) is 4.79 Å². The largest absolute Gasteiger partial charge is 0.460 e. The van der Waals surface area contributed by atoms with Gasteiger partial charge in [0.1, 0.15) is 5.60 Å². The molecular weight excluding hydrogens is 204 g/mol. The Morgan fingerprint density at radius 3 is 2.50 bits per heavy atom. The van der Waals surface area contributed by atoms with Crippen molar-refractivity contribution in [1.29, 1.82) is 5.26 Å². The maximum absolute atomic E-state index is 11.4. The molecule has 0 aliphatic carbocycles. The summed E-state index contributed by atoms with van der Waals surface area (Å²) in [5.74, 6) is -0.201. The molecule has 0 saturated carbocycles. The van der Waals surface area contributed by atoms with E-state index in [0.717, 1.165) is 0 Å². The van der Waals surface area contributed by atoms with E-state index in [1.165, 1.54) is 0 Å². The van der Waals surface area contributed by atoms with Crippen molar-refractivity contribution >= 4 is 5.97 Å². The van der Waals surface area contributed by atoms with Gasteiger partial charge in [-0.15, -0.1) is 0 Å². The van der Waals surface area contributed by atoms with Gasteiger partial charge in [0, 0.05) is 13.1 Å². The molecule has 0 aliphatic rings. The summed E-state index contributed by atoms with van der Waals surface area (Å²) in [6, 6.07) is 2.16. The summed E-state index contributed by atoms with van der Waals surface area (Å²) in [7, 11) is 1.90. The van der Waals surface area contributed by atoms with Crippen LogP contribution in [-0.4, -0.2) is 36.6 Å². The summed E-state index contributed by atoms with van der Waals surface area (Å²) in [4.78, 5) is 13.4. The average Bonchev–Trinajstić information content (AvgIpc) is 2.12. The van der Waals surface area contributed by atoms with Crippen molar-refractivity contribution in [3.63, 3.8) is 0 Å². The zero-order valence-corrected chi connectivity index (χ0v) is 10.9. The van der Waals surface area contributed by atoms with Gasteiger partial charge in [0.15, 0.2) is 0 Å². The zero-order valence-electron chi connectivity index (χ0n) is 10.9. The van der Waals surface area contributed by atoms with Crippen LogP contribution in [0.2, 0.25) is 0 Å². The molecule has 0 rings (SSSR count). The Bertz CT molecular complexity index is 263. The minimum absolute atomic E-state index is 0.0105. The molecule has 0 spiro atoms. The fourth-order valence-electron chi connectivity index (χ4n) is 1.27. The second-order valence-electron chi connectivity index (χ2n) is 5.13. The fourth-order valence-corrected chi connectivity index (χ4v) is 1.27. The predicted molar refractivity (Wildman–Crippen MR) is 62.7 cm³/mol. The van der Waals surface area contributed by atoms with E-state index in [2.05, 4.69) is 6.07 Å². The summed E-state index contributed by atoms with van der Waals surface area (Å²) in [5.41, 5.74) is -0.421. The minimum Gasteiger partial charge on any atom is -0.460 e. The molecule has 1 atom stereocenters. The Balaban J connectivity index is 3.81. The summed E-state index contributed by atoms with van der Waals surface area (Å²) >= 11 is 0. The number of nitriles is 1. The number of esters is 1. The number of carbonyl (C=O) groups is 1. The van der Waals surface area contributed by atoms with E-state index in [1.54, 1.807) is 0 Å². The van der Waals surface area contributed by atoms with Gasteiger partial charge in [-0.2, -0.15) is 5.26 Å². The highest BCUT2D eigenvalue weighted by molar-refractivity contribution is 5.70. The highest BCUT2D eigenvalue weighted by Crippen LogP contribution is 2.08. The second kappa shape index (κ2) is 6.49. The molecule has 16 heavy (non-hydrogen) atoms. The van der Waals surface area contributed by atoms with E-state index in [-0.39, 0.29) is 11.9 Å². The third kappa shape index (κ3) is 8.25. The molecule has 0 aromatic carbocycles. The maximum Gasteiger partial charge on any atom is 0.307 e. The van der Waals surface area contributed by atoms with Gasteiger partial charge >= 0.3 is 5.97 Å². The topological polar surface area (TPSA) is 53.3 Å². The lowest BCUT2D eigenvalue weighted by atomic mass is 10.2. The summed E-state index contributed by atoms with van der Waals surface area (Å²) in [6.45, 7) is 8.73. The molecule has 0 radical (unpaired) electrons. The number of hydrogen-bond acceptors (Lipinski definition) is 4. The first-order valence-corrected chi connectivity index (χ1v) is 5.54. The van der Waals surface area contributed by atoms with Crippen molar-refractivity contribution in [1.82, 2.24) is 4.90 Å². The van der Waals surface area contributed by atoms with Crippen LogP contribution in [0.4, 0.5) is 0 Å². The molecule has 0 aromatic rings. The summed E-state index contributed by atoms with van der Waals surface area (Å²) < 4.78 is 5.19. The Morgan fingerprint density at radius 2 is 2.06 bits per heavy atom. The highest BCUT2D eigenvalue weighted by Gasteiger charge is 2.16. The van der Waals surface area contributed by atoms with Gasteiger partial charge in [-0.05, 0) is 34.7 Å². The minimum atomic E-state index is -0.421. The van der Waals surface area contributed by atoms with E-state index in [4.69, 9.17) is 10.00 Å². The third-order valence-electron chi connectivity index (χ3n) is 1.92. The van der Waals surface area contributed by atoms with Gasteiger partial charge in [0.2, 0.25) is 0 Å². The zero-order chi connectivity index (χ0) is 12.8. The fraction of sp³-hybridized carbons (Fsp3) is 0.833. The number of hydrogen-bond donors (Lipinski definition) is 0. The third-order valence-corrected chi connectivity index (χ3v) is 1.92. The van der Waals surface area contributed by atoms with Gasteiger partial charge in [0.25, 0.3) is 0 Å². The smallest absolute Gasteiger partial charge is 0.307 e. The Kier molecular flexibility index (Phi) is 6.05. The molecular formula is C12H22N2O2. The lowest BCUT2D eigenvalue weighted by Crippen LogP contribution is -2.29. The van der Waals surface area contributed by atoms with Crippen LogP contribution in [0.3, 0.4) is 0 Å². The monoisotopic (exact) mass is 226 g/mol. The van der Waals surface area contributed by atoms with Crippen LogP contribution in [0.15, 0.2) is 0 Å². The van der Waals surface area contributed by atoms with Crippen LogP contribution < -0.4 is 0 Å². The molecule has 92 valence electrons. The number of ether oxygens (including phenoxy) is 1. The molecule has 0 aromatic heterocycles. The van der Waals surface area contributed by atoms with Gasteiger partial charge in [-0.1, -0.05) is 0 Å².